The molecule has 2 aromatic carbocycles. The molecule has 36 heavy (non-hydrogen) atoms. The van der Waals surface area contributed by atoms with E-state index in [-0.39, 0.29) is 24.2 Å². The molecule has 0 radical (unpaired) electrons. The maximum Gasteiger partial charge on any atom is 0.244 e. The standard InChI is InChI=1S/C27H37N3O5S/c1-20-12-8-9-13-22(20)18-29(21(2)27(32)28-23-14-6-5-7-15-23)26(31)19-30(36(4,33)34)24-16-10-11-17-25(24)35-3/h8-13,16-17,21,23H,5-7,14-15,18-19H2,1-4H3,(H,28,32)/t21-/m0/s1. The van der Waals surface area contributed by atoms with Crippen molar-refractivity contribution in [2.75, 3.05) is 24.2 Å². The van der Waals surface area contributed by atoms with E-state index in [2.05, 4.69) is 5.32 Å². The van der Waals surface area contributed by atoms with E-state index in [1.807, 2.05) is 31.2 Å². The average Bonchev–Trinajstić information content (AvgIpc) is 2.86. The van der Waals surface area contributed by atoms with Gasteiger partial charge in [0, 0.05) is 12.6 Å². The topological polar surface area (TPSA) is 96.0 Å². The van der Waals surface area contributed by atoms with Crippen LogP contribution in [0.1, 0.15) is 50.2 Å². The summed E-state index contributed by atoms with van der Waals surface area (Å²) in [6.07, 6.45) is 6.24. The molecule has 0 saturated heterocycles. The zero-order chi connectivity index (χ0) is 26.3. The van der Waals surface area contributed by atoms with Crippen molar-refractivity contribution in [2.45, 2.75) is 64.6 Å². The van der Waals surface area contributed by atoms with Gasteiger partial charge in [-0.05, 0) is 49.9 Å². The van der Waals surface area contributed by atoms with Gasteiger partial charge in [0.15, 0.2) is 0 Å². The minimum atomic E-state index is -3.82. The molecular weight excluding hydrogens is 478 g/mol. The lowest BCUT2D eigenvalue weighted by atomic mass is 9.95. The number of sulfonamides is 1. The molecule has 1 saturated carbocycles. The van der Waals surface area contributed by atoms with Crippen LogP contribution in [0.5, 0.6) is 5.75 Å². The van der Waals surface area contributed by atoms with Crippen molar-refractivity contribution in [3.8, 4) is 5.75 Å². The van der Waals surface area contributed by atoms with Crippen molar-refractivity contribution in [1.82, 2.24) is 10.2 Å². The third kappa shape index (κ3) is 7.00. The van der Waals surface area contributed by atoms with Crippen molar-refractivity contribution in [1.29, 1.82) is 0 Å². The predicted molar refractivity (Wildman–Crippen MR) is 141 cm³/mol. The molecule has 196 valence electrons. The zero-order valence-corrected chi connectivity index (χ0v) is 22.4. The second-order valence-electron chi connectivity index (χ2n) is 9.41. The SMILES string of the molecule is COc1ccccc1N(CC(=O)N(Cc1ccccc1C)[C@@H](C)C(=O)NC1CCCCC1)S(C)(=O)=O. The summed E-state index contributed by atoms with van der Waals surface area (Å²) in [4.78, 5) is 28.4. The van der Waals surface area contributed by atoms with Crippen LogP contribution in [0.4, 0.5) is 5.69 Å². The highest BCUT2D eigenvalue weighted by Gasteiger charge is 2.32. The Balaban J connectivity index is 1.90. The summed E-state index contributed by atoms with van der Waals surface area (Å²) in [7, 11) is -2.38. The summed E-state index contributed by atoms with van der Waals surface area (Å²) in [5, 5.41) is 3.10. The second kappa shape index (κ2) is 12.3. The Morgan fingerprint density at radius 3 is 2.33 bits per heavy atom. The highest BCUT2D eigenvalue weighted by molar-refractivity contribution is 7.92. The summed E-state index contributed by atoms with van der Waals surface area (Å²) in [6.45, 7) is 3.38. The highest BCUT2D eigenvalue weighted by atomic mass is 32.2. The Labute approximate surface area is 214 Å². The van der Waals surface area contributed by atoms with Gasteiger partial charge in [-0.3, -0.25) is 13.9 Å². The first-order valence-electron chi connectivity index (χ1n) is 12.4. The van der Waals surface area contributed by atoms with Crippen molar-refractivity contribution in [3.05, 3.63) is 59.7 Å². The highest BCUT2D eigenvalue weighted by Crippen LogP contribution is 2.30. The number of benzene rings is 2. The summed E-state index contributed by atoms with van der Waals surface area (Å²) in [5.41, 5.74) is 2.15. The van der Waals surface area contributed by atoms with Crippen molar-refractivity contribution in [3.63, 3.8) is 0 Å². The number of anilines is 1. The van der Waals surface area contributed by atoms with Gasteiger partial charge in [-0.15, -0.1) is 0 Å². The third-order valence-corrected chi connectivity index (χ3v) is 7.88. The average molecular weight is 516 g/mol. The van der Waals surface area contributed by atoms with Crippen LogP contribution in [0.15, 0.2) is 48.5 Å². The molecule has 8 nitrogen and oxygen atoms in total. The zero-order valence-electron chi connectivity index (χ0n) is 21.6. The maximum atomic E-state index is 13.7. The lowest BCUT2D eigenvalue weighted by molar-refractivity contribution is -0.139. The van der Waals surface area contributed by atoms with Crippen LogP contribution < -0.4 is 14.4 Å². The third-order valence-electron chi connectivity index (χ3n) is 6.75. The Kier molecular flexibility index (Phi) is 9.37. The van der Waals surface area contributed by atoms with Crippen LogP contribution >= 0.6 is 0 Å². The fourth-order valence-electron chi connectivity index (χ4n) is 4.55. The van der Waals surface area contributed by atoms with Crippen molar-refractivity contribution < 1.29 is 22.7 Å². The molecule has 1 aliphatic carbocycles. The molecule has 0 aliphatic heterocycles. The molecule has 0 bridgehead atoms. The molecule has 1 atom stereocenters. The molecular formula is C27H37N3O5S. The number of aryl methyl sites for hydroxylation is 1. The van der Waals surface area contributed by atoms with E-state index in [4.69, 9.17) is 4.74 Å². The van der Waals surface area contributed by atoms with E-state index < -0.39 is 28.5 Å². The van der Waals surface area contributed by atoms with Crippen LogP contribution in [0.2, 0.25) is 0 Å². The lowest BCUT2D eigenvalue weighted by Crippen LogP contribution is -2.53. The molecule has 0 spiro atoms. The van der Waals surface area contributed by atoms with E-state index in [9.17, 15) is 18.0 Å². The fraction of sp³-hybridized carbons (Fsp3) is 0.481. The number of hydrogen-bond donors (Lipinski definition) is 1. The van der Waals surface area contributed by atoms with Gasteiger partial charge in [-0.1, -0.05) is 55.7 Å². The number of rotatable bonds is 10. The lowest BCUT2D eigenvalue weighted by Gasteiger charge is -2.33. The van der Waals surface area contributed by atoms with Gasteiger partial charge in [0.1, 0.15) is 18.3 Å². The number of carbonyl (C=O) groups is 2. The summed E-state index contributed by atoms with van der Waals surface area (Å²) in [6, 6.07) is 13.6. The molecule has 9 heteroatoms. The van der Waals surface area contributed by atoms with Gasteiger partial charge in [0.05, 0.1) is 19.1 Å². The van der Waals surface area contributed by atoms with E-state index in [1.165, 1.54) is 18.4 Å². The normalized spacial score (nSPS) is 15.1. The number of carbonyl (C=O) groups excluding carboxylic acids is 2. The van der Waals surface area contributed by atoms with E-state index >= 15 is 0 Å². The number of nitrogens with one attached hydrogen (secondary N) is 1. The molecule has 2 amide bonds. The Morgan fingerprint density at radius 2 is 1.69 bits per heavy atom. The van der Waals surface area contributed by atoms with E-state index in [1.54, 1.807) is 31.2 Å². The second-order valence-corrected chi connectivity index (χ2v) is 11.3. The molecule has 3 rings (SSSR count). The first-order chi connectivity index (χ1) is 17.1. The predicted octanol–water partition coefficient (Wildman–Crippen LogP) is 3.64. The smallest absolute Gasteiger partial charge is 0.244 e. The number of ether oxygens (including phenoxy) is 1. The maximum absolute atomic E-state index is 13.7. The van der Waals surface area contributed by atoms with Crippen LogP contribution in [0.25, 0.3) is 0 Å². The van der Waals surface area contributed by atoms with Gasteiger partial charge >= 0.3 is 0 Å². The van der Waals surface area contributed by atoms with Gasteiger partial charge < -0.3 is 15.0 Å². The number of hydrogen-bond acceptors (Lipinski definition) is 5. The Hall–Kier alpha value is -3.07. The first kappa shape index (κ1) is 27.5. The first-order valence-corrected chi connectivity index (χ1v) is 14.2. The minimum absolute atomic E-state index is 0.102. The minimum Gasteiger partial charge on any atom is -0.495 e. The monoisotopic (exact) mass is 515 g/mol. The van der Waals surface area contributed by atoms with Gasteiger partial charge in [-0.25, -0.2) is 8.42 Å². The summed E-state index contributed by atoms with van der Waals surface area (Å²) < 4.78 is 31.9. The quantitative estimate of drug-likeness (QED) is 0.521. The van der Waals surface area contributed by atoms with Crippen molar-refractivity contribution in [2.24, 2.45) is 0 Å². The van der Waals surface area contributed by atoms with Crippen LogP contribution in [-0.4, -0.2) is 57.1 Å². The largest absolute Gasteiger partial charge is 0.495 e. The summed E-state index contributed by atoms with van der Waals surface area (Å²) >= 11 is 0. The number of methoxy groups -OCH3 is 1. The molecule has 0 heterocycles. The molecule has 1 N–H and O–H groups in total. The van der Waals surface area contributed by atoms with Gasteiger partial charge in [0.25, 0.3) is 0 Å². The van der Waals surface area contributed by atoms with E-state index in [0.717, 1.165) is 47.4 Å². The molecule has 1 aliphatic rings. The molecule has 0 unspecified atom stereocenters. The fourth-order valence-corrected chi connectivity index (χ4v) is 5.41. The van der Waals surface area contributed by atoms with Crippen LogP contribution in [0.3, 0.4) is 0 Å². The summed E-state index contributed by atoms with van der Waals surface area (Å²) in [5.74, 6) is -0.364. The number of para-hydroxylation sites is 2. The van der Waals surface area contributed by atoms with Crippen molar-refractivity contribution >= 4 is 27.5 Å². The number of amides is 2. The molecule has 1 fully saturated rings. The van der Waals surface area contributed by atoms with Gasteiger partial charge in [-0.2, -0.15) is 0 Å². The Morgan fingerprint density at radius 1 is 1.06 bits per heavy atom. The van der Waals surface area contributed by atoms with Crippen LogP contribution in [0, 0.1) is 6.92 Å². The molecule has 0 aromatic heterocycles. The van der Waals surface area contributed by atoms with E-state index in [0.29, 0.717) is 5.75 Å². The van der Waals surface area contributed by atoms with Gasteiger partial charge in [0.2, 0.25) is 21.8 Å². The van der Waals surface area contributed by atoms with Crippen LogP contribution in [-0.2, 0) is 26.2 Å². The number of nitrogens with zero attached hydrogens (tertiary/aromatic N) is 2. The Bertz CT molecular complexity index is 1160. The molecule has 2 aromatic rings.